The molecular weight excluding hydrogens is 290 g/mol. The van der Waals surface area contributed by atoms with E-state index in [9.17, 15) is 18.4 Å². The number of halogens is 2. The Morgan fingerprint density at radius 2 is 1.91 bits per heavy atom. The summed E-state index contributed by atoms with van der Waals surface area (Å²) in [5.41, 5.74) is -0.132. The van der Waals surface area contributed by atoms with Gasteiger partial charge in [0.2, 0.25) is 0 Å². The van der Waals surface area contributed by atoms with Gasteiger partial charge in [-0.25, -0.2) is 13.8 Å². The molecule has 1 aromatic heterocycles. The fourth-order valence-electron chi connectivity index (χ4n) is 2.17. The van der Waals surface area contributed by atoms with Gasteiger partial charge >= 0.3 is 0 Å². The average molecular weight is 300 g/mol. The molecule has 22 heavy (non-hydrogen) atoms. The maximum atomic E-state index is 13.6. The minimum absolute atomic E-state index is 0.263. The molecular formula is C16H10F2N2O2. The fraction of sp³-hybridized carbons (Fsp3) is 0.0625. The van der Waals surface area contributed by atoms with E-state index < -0.39 is 17.4 Å². The summed E-state index contributed by atoms with van der Waals surface area (Å²) in [5, 5.41) is 0.373. The number of ketones is 1. The lowest BCUT2D eigenvalue weighted by Crippen LogP contribution is -2.25. The van der Waals surface area contributed by atoms with Crippen molar-refractivity contribution in [1.29, 1.82) is 0 Å². The van der Waals surface area contributed by atoms with Gasteiger partial charge in [-0.2, -0.15) is 0 Å². The van der Waals surface area contributed by atoms with Gasteiger partial charge in [0.1, 0.15) is 11.6 Å². The summed E-state index contributed by atoms with van der Waals surface area (Å²) in [7, 11) is 0. The number of Topliss-reactive ketones (excluding diaryl/α,β-unsaturated/α-hetero) is 1. The molecule has 0 aliphatic heterocycles. The lowest BCUT2D eigenvalue weighted by Gasteiger charge is -2.07. The molecule has 0 saturated heterocycles. The standard InChI is InChI=1S/C16H10F2N2O2/c17-10-5-6-11(13(18)7-10)15(21)8-20-9-19-14-4-2-1-3-12(14)16(20)22/h1-7,9H,8H2. The molecule has 0 saturated carbocycles. The number of hydrogen-bond donors (Lipinski definition) is 0. The van der Waals surface area contributed by atoms with E-state index in [4.69, 9.17) is 0 Å². The molecule has 6 heteroatoms. The second kappa shape index (κ2) is 5.48. The molecule has 0 fully saturated rings. The van der Waals surface area contributed by atoms with Gasteiger partial charge in [0.05, 0.1) is 29.3 Å². The summed E-state index contributed by atoms with van der Waals surface area (Å²) in [4.78, 5) is 28.4. The van der Waals surface area contributed by atoms with Crippen molar-refractivity contribution in [3.05, 3.63) is 76.3 Å². The number of aromatic nitrogens is 2. The number of para-hydroxylation sites is 1. The molecule has 3 aromatic rings. The highest BCUT2D eigenvalue weighted by Crippen LogP contribution is 2.11. The third-order valence-electron chi connectivity index (χ3n) is 3.28. The molecule has 3 rings (SSSR count). The van der Waals surface area contributed by atoms with E-state index in [1.54, 1.807) is 24.3 Å². The van der Waals surface area contributed by atoms with Crippen LogP contribution in [0, 0.1) is 11.6 Å². The predicted octanol–water partition coefficient (Wildman–Crippen LogP) is 2.56. The number of fused-ring (bicyclic) bond motifs is 1. The van der Waals surface area contributed by atoms with Crippen LogP contribution in [0.2, 0.25) is 0 Å². The summed E-state index contributed by atoms with van der Waals surface area (Å²) < 4.78 is 27.6. The summed E-state index contributed by atoms with van der Waals surface area (Å²) >= 11 is 0. The topological polar surface area (TPSA) is 52.0 Å². The Labute approximate surface area is 123 Å². The van der Waals surface area contributed by atoms with E-state index in [-0.39, 0.29) is 17.7 Å². The van der Waals surface area contributed by atoms with E-state index >= 15 is 0 Å². The van der Waals surface area contributed by atoms with Crippen LogP contribution >= 0.6 is 0 Å². The molecule has 0 aliphatic carbocycles. The molecule has 0 N–H and O–H groups in total. The van der Waals surface area contributed by atoms with Crippen LogP contribution in [-0.2, 0) is 6.54 Å². The van der Waals surface area contributed by atoms with Gasteiger partial charge in [-0.1, -0.05) is 12.1 Å². The van der Waals surface area contributed by atoms with Gasteiger partial charge in [-0.3, -0.25) is 14.2 Å². The highest BCUT2D eigenvalue weighted by molar-refractivity contribution is 5.96. The zero-order valence-electron chi connectivity index (χ0n) is 11.3. The highest BCUT2D eigenvalue weighted by Gasteiger charge is 2.14. The van der Waals surface area contributed by atoms with Crippen LogP contribution in [0.4, 0.5) is 8.78 Å². The molecule has 1 heterocycles. The number of carbonyl (C=O) groups excluding carboxylic acids is 1. The van der Waals surface area contributed by atoms with Gasteiger partial charge in [0.25, 0.3) is 5.56 Å². The first kappa shape index (κ1) is 14.1. The van der Waals surface area contributed by atoms with Crippen molar-refractivity contribution < 1.29 is 13.6 Å². The molecule has 4 nitrogen and oxygen atoms in total. The molecule has 0 amide bonds. The fourth-order valence-corrected chi connectivity index (χ4v) is 2.17. The van der Waals surface area contributed by atoms with Crippen molar-refractivity contribution in [3.8, 4) is 0 Å². The second-order valence-electron chi connectivity index (χ2n) is 4.74. The number of hydrogen-bond acceptors (Lipinski definition) is 3. The number of benzene rings is 2. The quantitative estimate of drug-likeness (QED) is 0.699. The van der Waals surface area contributed by atoms with Gasteiger partial charge in [0, 0.05) is 6.07 Å². The normalized spacial score (nSPS) is 10.8. The summed E-state index contributed by atoms with van der Waals surface area (Å²) in [6.45, 7) is -0.362. The van der Waals surface area contributed by atoms with Gasteiger partial charge < -0.3 is 0 Å². The number of rotatable bonds is 3. The Kier molecular flexibility index (Phi) is 3.50. The van der Waals surface area contributed by atoms with Crippen molar-refractivity contribution in [2.75, 3.05) is 0 Å². The summed E-state index contributed by atoms with van der Waals surface area (Å²) in [5.74, 6) is -2.35. The molecule has 0 aliphatic rings. The average Bonchev–Trinajstić information content (AvgIpc) is 2.50. The number of nitrogens with zero attached hydrogens (tertiary/aromatic N) is 2. The van der Waals surface area contributed by atoms with Gasteiger partial charge in [0.15, 0.2) is 5.78 Å². The third-order valence-corrected chi connectivity index (χ3v) is 3.28. The van der Waals surface area contributed by atoms with Gasteiger partial charge in [-0.05, 0) is 24.3 Å². The Morgan fingerprint density at radius 3 is 2.68 bits per heavy atom. The van der Waals surface area contributed by atoms with Crippen LogP contribution in [0.3, 0.4) is 0 Å². The minimum Gasteiger partial charge on any atom is -0.292 e. The Balaban J connectivity index is 1.98. The van der Waals surface area contributed by atoms with Crippen molar-refractivity contribution in [1.82, 2.24) is 9.55 Å². The first-order chi connectivity index (χ1) is 10.6. The van der Waals surface area contributed by atoms with E-state index in [1.165, 1.54) is 6.33 Å². The summed E-state index contributed by atoms with van der Waals surface area (Å²) in [6.07, 6.45) is 1.24. The molecule has 0 radical (unpaired) electrons. The lowest BCUT2D eigenvalue weighted by atomic mass is 10.1. The predicted molar refractivity (Wildman–Crippen MR) is 76.7 cm³/mol. The molecule has 110 valence electrons. The van der Waals surface area contributed by atoms with Crippen molar-refractivity contribution in [2.45, 2.75) is 6.54 Å². The molecule has 2 aromatic carbocycles. The van der Waals surface area contributed by atoms with Crippen LogP contribution in [0.25, 0.3) is 10.9 Å². The smallest absolute Gasteiger partial charge is 0.261 e. The second-order valence-corrected chi connectivity index (χ2v) is 4.74. The first-order valence-electron chi connectivity index (χ1n) is 6.48. The lowest BCUT2D eigenvalue weighted by molar-refractivity contribution is 0.0966. The number of carbonyl (C=O) groups is 1. The third kappa shape index (κ3) is 2.50. The Hall–Kier alpha value is -2.89. The van der Waals surface area contributed by atoms with E-state index in [1.807, 2.05) is 0 Å². The molecule has 0 spiro atoms. The zero-order valence-corrected chi connectivity index (χ0v) is 11.3. The maximum absolute atomic E-state index is 13.6. The van der Waals surface area contributed by atoms with Crippen LogP contribution in [0.1, 0.15) is 10.4 Å². The Bertz CT molecular complexity index is 935. The monoisotopic (exact) mass is 300 g/mol. The zero-order chi connectivity index (χ0) is 15.7. The molecule has 0 unspecified atom stereocenters. The Morgan fingerprint density at radius 1 is 1.14 bits per heavy atom. The maximum Gasteiger partial charge on any atom is 0.261 e. The van der Waals surface area contributed by atoms with Gasteiger partial charge in [-0.15, -0.1) is 0 Å². The van der Waals surface area contributed by atoms with E-state index in [2.05, 4.69) is 4.98 Å². The SMILES string of the molecule is O=C(Cn1cnc2ccccc2c1=O)c1ccc(F)cc1F. The van der Waals surface area contributed by atoms with Crippen LogP contribution in [0.5, 0.6) is 0 Å². The molecule has 0 bridgehead atoms. The first-order valence-corrected chi connectivity index (χ1v) is 6.48. The largest absolute Gasteiger partial charge is 0.292 e. The van der Waals surface area contributed by atoms with E-state index in [0.717, 1.165) is 16.7 Å². The van der Waals surface area contributed by atoms with Crippen molar-refractivity contribution >= 4 is 16.7 Å². The van der Waals surface area contributed by atoms with Crippen molar-refractivity contribution in [3.63, 3.8) is 0 Å². The summed E-state index contributed by atoms with van der Waals surface area (Å²) in [6, 6.07) is 9.42. The van der Waals surface area contributed by atoms with Crippen LogP contribution in [-0.4, -0.2) is 15.3 Å². The van der Waals surface area contributed by atoms with E-state index in [0.29, 0.717) is 17.0 Å². The molecule has 0 atom stereocenters. The van der Waals surface area contributed by atoms with Crippen LogP contribution in [0.15, 0.2) is 53.6 Å². The highest BCUT2D eigenvalue weighted by atomic mass is 19.1. The minimum atomic E-state index is -0.952. The van der Waals surface area contributed by atoms with Crippen molar-refractivity contribution in [2.24, 2.45) is 0 Å². The van der Waals surface area contributed by atoms with Crippen LogP contribution < -0.4 is 5.56 Å².